The van der Waals surface area contributed by atoms with Gasteiger partial charge in [0.25, 0.3) is 0 Å². The Morgan fingerprint density at radius 1 is 0.950 bits per heavy atom. The maximum absolute atomic E-state index is 2.34. The standard InChI is InChI=1S/C19H22N/c1-14-11-15-8-6-10-18(19(15)12-14)16-7-5-9-17(13-16)20(2,3)4/h5-10,12-13H,11H2,1-4H3/q+1. The van der Waals surface area contributed by atoms with Gasteiger partial charge in [0.15, 0.2) is 0 Å². The van der Waals surface area contributed by atoms with E-state index in [0.29, 0.717) is 0 Å². The SMILES string of the molecule is CC1=Cc2c(cccc2-c2cccc([N+](C)(C)C)c2)C1. The molecule has 0 saturated heterocycles. The summed E-state index contributed by atoms with van der Waals surface area (Å²) >= 11 is 0. The fourth-order valence-corrected chi connectivity index (χ4v) is 2.88. The molecule has 0 atom stereocenters. The number of quaternary nitrogens is 1. The molecule has 2 aromatic rings. The van der Waals surface area contributed by atoms with E-state index in [1.165, 1.54) is 33.5 Å². The Labute approximate surface area is 121 Å². The quantitative estimate of drug-likeness (QED) is 0.700. The molecule has 0 radical (unpaired) electrons. The topological polar surface area (TPSA) is 0 Å². The van der Waals surface area contributed by atoms with Crippen LogP contribution in [0, 0.1) is 0 Å². The van der Waals surface area contributed by atoms with E-state index in [1.807, 2.05) is 0 Å². The molecule has 0 spiro atoms. The largest absolute Gasteiger partial charge is 0.298 e. The van der Waals surface area contributed by atoms with Crippen LogP contribution in [0.1, 0.15) is 18.1 Å². The summed E-state index contributed by atoms with van der Waals surface area (Å²) in [7, 11) is 6.62. The van der Waals surface area contributed by atoms with E-state index in [0.717, 1.165) is 10.9 Å². The van der Waals surface area contributed by atoms with Gasteiger partial charge in [-0.05, 0) is 41.7 Å². The lowest BCUT2D eigenvalue weighted by molar-refractivity contribution is 0.486. The molecule has 102 valence electrons. The third kappa shape index (κ3) is 2.30. The van der Waals surface area contributed by atoms with Crippen LogP contribution in [-0.2, 0) is 6.42 Å². The van der Waals surface area contributed by atoms with Crippen molar-refractivity contribution >= 4 is 11.8 Å². The van der Waals surface area contributed by atoms with Crippen LogP contribution in [0.2, 0.25) is 0 Å². The van der Waals surface area contributed by atoms with Gasteiger partial charge < -0.3 is 0 Å². The van der Waals surface area contributed by atoms with Crippen LogP contribution >= 0.6 is 0 Å². The smallest absolute Gasteiger partial charge is 0.132 e. The number of nitrogens with zero attached hydrogens (tertiary/aromatic N) is 1. The molecule has 0 amide bonds. The maximum atomic E-state index is 2.34. The molecule has 3 rings (SSSR count). The second-order valence-electron chi connectivity index (χ2n) is 6.61. The summed E-state index contributed by atoms with van der Waals surface area (Å²) in [4.78, 5) is 0. The van der Waals surface area contributed by atoms with Gasteiger partial charge >= 0.3 is 0 Å². The summed E-state index contributed by atoms with van der Waals surface area (Å²) in [5.41, 5.74) is 8.32. The summed E-state index contributed by atoms with van der Waals surface area (Å²) in [5.74, 6) is 0. The summed E-state index contributed by atoms with van der Waals surface area (Å²) in [6.45, 7) is 2.21. The molecular weight excluding hydrogens is 242 g/mol. The lowest BCUT2D eigenvalue weighted by atomic mass is 9.96. The number of hydrogen-bond donors (Lipinski definition) is 0. The van der Waals surface area contributed by atoms with E-state index in [4.69, 9.17) is 0 Å². The molecule has 0 saturated carbocycles. The molecule has 0 bridgehead atoms. The van der Waals surface area contributed by atoms with E-state index < -0.39 is 0 Å². The Hall–Kier alpha value is -1.86. The van der Waals surface area contributed by atoms with Gasteiger partial charge in [0.1, 0.15) is 5.69 Å². The van der Waals surface area contributed by atoms with Crippen molar-refractivity contribution in [3.05, 3.63) is 59.2 Å². The van der Waals surface area contributed by atoms with Gasteiger partial charge in [-0.2, -0.15) is 0 Å². The van der Waals surface area contributed by atoms with Crippen LogP contribution in [0.4, 0.5) is 5.69 Å². The first-order chi connectivity index (χ1) is 9.45. The molecule has 0 aromatic heterocycles. The molecule has 1 heteroatoms. The van der Waals surface area contributed by atoms with E-state index >= 15 is 0 Å². The molecule has 1 nitrogen and oxygen atoms in total. The number of hydrogen-bond acceptors (Lipinski definition) is 0. The third-order valence-corrected chi connectivity index (χ3v) is 3.99. The summed E-state index contributed by atoms with van der Waals surface area (Å²) in [6, 6.07) is 15.6. The highest BCUT2D eigenvalue weighted by molar-refractivity contribution is 5.81. The van der Waals surface area contributed by atoms with Gasteiger partial charge in [-0.1, -0.05) is 42.0 Å². The zero-order valence-electron chi connectivity index (χ0n) is 12.8. The van der Waals surface area contributed by atoms with Gasteiger partial charge in [-0.15, -0.1) is 0 Å². The molecule has 1 aliphatic rings. The Kier molecular flexibility index (Phi) is 3.02. The van der Waals surface area contributed by atoms with Crippen LogP contribution in [0.15, 0.2) is 48.0 Å². The highest BCUT2D eigenvalue weighted by Gasteiger charge is 2.17. The zero-order valence-corrected chi connectivity index (χ0v) is 12.8. The van der Waals surface area contributed by atoms with Gasteiger partial charge in [-0.3, -0.25) is 4.48 Å². The first-order valence-corrected chi connectivity index (χ1v) is 7.17. The van der Waals surface area contributed by atoms with Gasteiger partial charge in [0, 0.05) is 6.07 Å². The average molecular weight is 264 g/mol. The number of benzene rings is 2. The Morgan fingerprint density at radius 2 is 1.70 bits per heavy atom. The van der Waals surface area contributed by atoms with E-state index in [-0.39, 0.29) is 0 Å². The molecule has 0 heterocycles. The van der Waals surface area contributed by atoms with Crippen molar-refractivity contribution < 1.29 is 0 Å². The Morgan fingerprint density at radius 3 is 2.45 bits per heavy atom. The minimum atomic E-state index is 0.845. The fourth-order valence-electron chi connectivity index (χ4n) is 2.88. The first kappa shape index (κ1) is 13.1. The lowest BCUT2D eigenvalue weighted by Crippen LogP contribution is -2.34. The summed E-state index contributed by atoms with van der Waals surface area (Å²) < 4.78 is 0.845. The molecule has 0 aliphatic heterocycles. The van der Waals surface area contributed by atoms with Crippen LogP contribution in [-0.4, -0.2) is 21.1 Å². The van der Waals surface area contributed by atoms with Crippen molar-refractivity contribution in [1.82, 2.24) is 4.48 Å². The molecule has 0 fully saturated rings. The summed E-state index contributed by atoms with van der Waals surface area (Å²) in [5, 5.41) is 0. The molecule has 0 N–H and O–H groups in total. The Balaban J connectivity index is 2.14. The number of allylic oxidation sites excluding steroid dienone is 1. The van der Waals surface area contributed by atoms with Crippen molar-refractivity contribution in [3.63, 3.8) is 0 Å². The van der Waals surface area contributed by atoms with Gasteiger partial charge in [0.2, 0.25) is 0 Å². The normalized spacial score (nSPS) is 14.1. The number of rotatable bonds is 2. The van der Waals surface area contributed by atoms with Crippen molar-refractivity contribution in [3.8, 4) is 11.1 Å². The predicted octanol–water partition coefficient (Wildman–Crippen LogP) is 4.51. The van der Waals surface area contributed by atoms with Crippen molar-refractivity contribution in [1.29, 1.82) is 0 Å². The minimum Gasteiger partial charge on any atom is -0.298 e. The predicted molar refractivity (Wildman–Crippen MR) is 88.8 cm³/mol. The first-order valence-electron chi connectivity index (χ1n) is 7.17. The molecule has 20 heavy (non-hydrogen) atoms. The highest BCUT2D eigenvalue weighted by Crippen LogP contribution is 2.35. The second-order valence-corrected chi connectivity index (χ2v) is 6.61. The molecular formula is C19H22N+. The maximum Gasteiger partial charge on any atom is 0.132 e. The minimum absolute atomic E-state index is 0.845. The second kappa shape index (κ2) is 4.60. The van der Waals surface area contributed by atoms with Crippen molar-refractivity contribution in [2.75, 3.05) is 21.1 Å². The van der Waals surface area contributed by atoms with Crippen LogP contribution in [0.3, 0.4) is 0 Å². The van der Waals surface area contributed by atoms with Crippen LogP contribution < -0.4 is 4.48 Å². The average Bonchev–Trinajstić information content (AvgIpc) is 2.77. The molecule has 1 aliphatic carbocycles. The number of fused-ring (bicyclic) bond motifs is 1. The molecule has 0 unspecified atom stereocenters. The van der Waals surface area contributed by atoms with E-state index in [2.05, 4.69) is 76.6 Å². The van der Waals surface area contributed by atoms with Crippen LogP contribution in [0.5, 0.6) is 0 Å². The zero-order chi connectivity index (χ0) is 14.3. The summed E-state index contributed by atoms with van der Waals surface area (Å²) in [6.07, 6.45) is 3.43. The molecule has 2 aromatic carbocycles. The van der Waals surface area contributed by atoms with Crippen LogP contribution in [0.25, 0.3) is 17.2 Å². The van der Waals surface area contributed by atoms with E-state index in [1.54, 1.807) is 0 Å². The van der Waals surface area contributed by atoms with Crippen molar-refractivity contribution in [2.24, 2.45) is 0 Å². The van der Waals surface area contributed by atoms with Gasteiger partial charge in [-0.25, -0.2) is 0 Å². The Bertz CT molecular complexity index is 687. The van der Waals surface area contributed by atoms with Gasteiger partial charge in [0.05, 0.1) is 21.1 Å². The van der Waals surface area contributed by atoms with E-state index in [9.17, 15) is 0 Å². The third-order valence-electron chi connectivity index (χ3n) is 3.99. The van der Waals surface area contributed by atoms with Crippen molar-refractivity contribution in [2.45, 2.75) is 13.3 Å². The highest BCUT2D eigenvalue weighted by atomic mass is 15.3. The lowest BCUT2D eigenvalue weighted by Gasteiger charge is -2.24. The fraction of sp³-hybridized carbons (Fsp3) is 0.263. The monoisotopic (exact) mass is 264 g/mol.